The van der Waals surface area contributed by atoms with Gasteiger partial charge in [-0.25, -0.2) is 4.79 Å². The SMILES string of the molecule is CC(=O)N[C@@H]1CC(C(=O)O)=C[C@@H](O)[C@H]1O. The van der Waals surface area contributed by atoms with Gasteiger partial charge in [-0.15, -0.1) is 0 Å². The highest BCUT2D eigenvalue weighted by Gasteiger charge is 2.33. The highest BCUT2D eigenvalue weighted by molar-refractivity contribution is 5.87. The normalized spacial score (nSPS) is 30.6. The standard InChI is InChI=1S/C9H13NO5/c1-4(11)10-6-2-5(9(14)15)3-7(12)8(6)13/h3,6-8,12-13H,2H2,1H3,(H,10,11)(H,14,15)/t6-,7-,8+/m1/s1. The Morgan fingerprint density at radius 2 is 2.07 bits per heavy atom. The van der Waals surface area contributed by atoms with Gasteiger partial charge in [-0.1, -0.05) is 0 Å². The molecule has 0 aliphatic heterocycles. The van der Waals surface area contributed by atoms with Crippen LogP contribution in [0.4, 0.5) is 0 Å². The fraction of sp³-hybridized carbons (Fsp3) is 0.556. The number of aliphatic carboxylic acids is 1. The van der Waals surface area contributed by atoms with Crippen LogP contribution in [0.3, 0.4) is 0 Å². The molecule has 0 fully saturated rings. The highest BCUT2D eigenvalue weighted by atomic mass is 16.4. The first-order valence-electron chi connectivity index (χ1n) is 4.49. The van der Waals surface area contributed by atoms with Crippen molar-refractivity contribution in [1.29, 1.82) is 0 Å². The minimum atomic E-state index is -1.26. The third-order valence-corrected chi connectivity index (χ3v) is 2.24. The van der Waals surface area contributed by atoms with E-state index in [0.29, 0.717) is 0 Å². The molecule has 15 heavy (non-hydrogen) atoms. The number of rotatable bonds is 2. The van der Waals surface area contributed by atoms with Gasteiger partial charge in [0.25, 0.3) is 0 Å². The first kappa shape index (κ1) is 11.7. The van der Waals surface area contributed by atoms with Crippen LogP contribution in [0.5, 0.6) is 0 Å². The lowest BCUT2D eigenvalue weighted by Crippen LogP contribution is -2.50. The van der Waals surface area contributed by atoms with E-state index in [0.717, 1.165) is 6.08 Å². The molecular weight excluding hydrogens is 202 g/mol. The number of carboxylic acid groups (broad SMARTS) is 1. The molecule has 1 aliphatic rings. The molecule has 1 amide bonds. The lowest BCUT2D eigenvalue weighted by molar-refractivity contribution is -0.133. The largest absolute Gasteiger partial charge is 0.478 e. The van der Waals surface area contributed by atoms with Crippen molar-refractivity contribution in [3.63, 3.8) is 0 Å². The molecule has 0 spiro atoms. The summed E-state index contributed by atoms with van der Waals surface area (Å²) in [5.74, 6) is -1.53. The van der Waals surface area contributed by atoms with Gasteiger partial charge in [0.15, 0.2) is 0 Å². The lowest BCUT2D eigenvalue weighted by atomic mass is 9.90. The van der Waals surface area contributed by atoms with Crippen molar-refractivity contribution in [3.05, 3.63) is 11.6 Å². The Bertz CT molecular complexity index is 312. The van der Waals surface area contributed by atoms with Crippen LogP contribution < -0.4 is 5.32 Å². The number of carbonyl (C=O) groups is 2. The summed E-state index contributed by atoms with van der Waals surface area (Å²) in [5.41, 5.74) is -0.00782. The average molecular weight is 215 g/mol. The molecule has 0 bridgehead atoms. The molecule has 0 heterocycles. The van der Waals surface area contributed by atoms with Crippen LogP contribution in [0.1, 0.15) is 13.3 Å². The molecule has 0 aromatic heterocycles. The quantitative estimate of drug-likeness (QED) is 0.454. The summed E-state index contributed by atoms with van der Waals surface area (Å²) in [6, 6.07) is -0.756. The van der Waals surface area contributed by atoms with E-state index in [2.05, 4.69) is 5.32 Å². The molecule has 84 valence electrons. The molecule has 1 rings (SSSR count). The summed E-state index contributed by atoms with van der Waals surface area (Å²) in [5, 5.41) is 29.9. The van der Waals surface area contributed by atoms with Crippen LogP contribution in [-0.2, 0) is 9.59 Å². The van der Waals surface area contributed by atoms with E-state index in [1.165, 1.54) is 6.92 Å². The first-order valence-corrected chi connectivity index (χ1v) is 4.49. The molecule has 4 N–H and O–H groups in total. The van der Waals surface area contributed by atoms with Gasteiger partial charge in [0, 0.05) is 18.9 Å². The fourth-order valence-electron chi connectivity index (χ4n) is 1.52. The molecule has 6 heteroatoms. The Hall–Kier alpha value is -1.40. The van der Waals surface area contributed by atoms with Crippen molar-refractivity contribution < 1.29 is 24.9 Å². The fourth-order valence-corrected chi connectivity index (χ4v) is 1.52. The molecule has 0 saturated heterocycles. The van der Waals surface area contributed by atoms with E-state index >= 15 is 0 Å². The van der Waals surface area contributed by atoms with Crippen LogP contribution in [0.15, 0.2) is 11.6 Å². The molecule has 6 nitrogen and oxygen atoms in total. The summed E-state index contributed by atoms with van der Waals surface area (Å²) in [4.78, 5) is 21.4. The van der Waals surface area contributed by atoms with Gasteiger partial charge in [0.05, 0.1) is 6.04 Å². The third-order valence-electron chi connectivity index (χ3n) is 2.24. The molecular formula is C9H13NO5. The Morgan fingerprint density at radius 3 is 2.53 bits per heavy atom. The number of aliphatic hydroxyl groups excluding tert-OH is 2. The van der Waals surface area contributed by atoms with Gasteiger partial charge in [-0.2, -0.15) is 0 Å². The maximum atomic E-state index is 10.8. The number of hydrogen-bond acceptors (Lipinski definition) is 4. The van der Waals surface area contributed by atoms with Crippen molar-refractivity contribution in [1.82, 2.24) is 5.32 Å². The monoisotopic (exact) mass is 215 g/mol. The van der Waals surface area contributed by atoms with Crippen molar-refractivity contribution in [2.45, 2.75) is 31.6 Å². The van der Waals surface area contributed by atoms with E-state index in [9.17, 15) is 19.8 Å². The summed E-state index contributed by atoms with van der Waals surface area (Å²) in [6.07, 6.45) is -1.34. The van der Waals surface area contributed by atoms with Gasteiger partial charge < -0.3 is 20.6 Å². The second kappa shape index (κ2) is 4.41. The van der Waals surface area contributed by atoms with E-state index in [4.69, 9.17) is 5.11 Å². The van der Waals surface area contributed by atoms with E-state index < -0.39 is 24.2 Å². The minimum Gasteiger partial charge on any atom is -0.478 e. The molecule has 0 radical (unpaired) electrons. The molecule has 0 unspecified atom stereocenters. The van der Waals surface area contributed by atoms with Gasteiger partial charge in [0.1, 0.15) is 12.2 Å². The summed E-state index contributed by atoms with van der Waals surface area (Å²) in [6.45, 7) is 1.26. The van der Waals surface area contributed by atoms with Gasteiger partial charge in [0.2, 0.25) is 5.91 Å². The zero-order chi connectivity index (χ0) is 11.6. The zero-order valence-electron chi connectivity index (χ0n) is 8.17. The van der Waals surface area contributed by atoms with Gasteiger partial charge in [-0.3, -0.25) is 4.79 Å². The van der Waals surface area contributed by atoms with Gasteiger partial charge in [-0.05, 0) is 6.08 Å². The number of hydrogen-bond donors (Lipinski definition) is 4. The molecule has 0 saturated carbocycles. The average Bonchev–Trinajstić information content (AvgIpc) is 2.11. The van der Waals surface area contributed by atoms with Gasteiger partial charge >= 0.3 is 5.97 Å². The van der Waals surface area contributed by atoms with Crippen molar-refractivity contribution >= 4 is 11.9 Å². The third kappa shape index (κ3) is 2.77. The molecule has 0 aromatic rings. The number of nitrogens with one attached hydrogen (secondary N) is 1. The maximum absolute atomic E-state index is 10.8. The second-order valence-corrected chi connectivity index (χ2v) is 3.49. The predicted octanol–water partition coefficient (Wildman–Crippen LogP) is -1.37. The van der Waals surface area contributed by atoms with Crippen molar-refractivity contribution in [2.75, 3.05) is 0 Å². The second-order valence-electron chi connectivity index (χ2n) is 3.49. The van der Waals surface area contributed by atoms with Crippen LogP contribution in [0, 0.1) is 0 Å². The molecule has 1 aliphatic carbocycles. The number of carboxylic acids is 1. The van der Waals surface area contributed by atoms with Crippen molar-refractivity contribution in [3.8, 4) is 0 Å². The number of carbonyl (C=O) groups excluding carboxylic acids is 1. The Balaban J connectivity index is 2.81. The molecule has 0 aromatic carbocycles. The van der Waals surface area contributed by atoms with Crippen LogP contribution in [-0.4, -0.2) is 45.4 Å². The van der Waals surface area contributed by atoms with E-state index in [1.807, 2.05) is 0 Å². The van der Waals surface area contributed by atoms with Crippen molar-refractivity contribution in [2.24, 2.45) is 0 Å². The Kier molecular flexibility index (Phi) is 3.43. The first-order chi connectivity index (χ1) is 6.91. The molecule has 3 atom stereocenters. The van der Waals surface area contributed by atoms with Crippen LogP contribution in [0.2, 0.25) is 0 Å². The van der Waals surface area contributed by atoms with E-state index in [-0.39, 0.29) is 17.9 Å². The predicted molar refractivity (Wildman–Crippen MR) is 50.0 cm³/mol. The lowest BCUT2D eigenvalue weighted by Gasteiger charge is -2.30. The maximum Gasteiger partial charge on any atom is 0.331 e. The number of amides is 1. The van der Waals surface area contributed by atoms with Crippen LogP contribution >= 0.6 is 0 Å². The Morgan fingerprint density at radius 1 is 1.47 bits per heavy atom. The summed E-state index contributed by atoms with van der Waals surface area (Å²) < 4.78 is 0. The topological polar surface area (TPSA) is 107 Å². The zero-order valence-corrected chi connectivity index (χ0v) is 8.17. The smallest absolute Gasteiger partial charge is 0.331 e. The number of aliphatic hydroxyl groups is 2. The van der Waals surface area contributed by atoms with Crippen LogP contribution in [0.25, 0.3) is 0 Å². The Labute approximate surface area is 86.2 Å². The summed E-state index contributed by atoms with van der Waals surface area (Å²) in [7, 11) is 0. The highest BCUT2D eigenvalue weighted by Crippen LogP contribution is 2.19. The van der Waals surface area contributed by atoms with E-state index in [1.54, 1.807) is 0 Å². The summed E-state index contributed by atoms with van der Waals surface area (Å²) >= 11 is 0. The minimum absolute atomic E-state index is 0.00708.